The van der Waals surface area contributed by atoms with Crippen molar-refractivity contribution in [2.45, 2.75) is 32.5 Å². The molecule has 0 saturated heterocycles. The predicted molar refractivity (Wildman–Crippen MR) is 89.8 cm³/mol. The maximum Gasteiger partial charge on any atom is 0.120 e. The van der Waals surface area contributed by atoms with E-state index in [4.69, 9.17) is 10.5 Å². The van der Waals surface area contributed by atoms with Crippen LogP contribution in [0.4, 0.5) is 0 Å². The van der Waals surface area contributed by atoms with Crippen LogP contribution in [0.3, 0.4) is 0 Å². The highest BCUT2D eigenvalue weighted by Gasteiger charge is 2.16. The summed E-state index contributed by atoms with van der Waals surface area (Å²) in [5.41, 5.74) is 8.54. The van der Waals surface area contributed by atoms with E-state index in [0.717, 1.165) is 12.3 Å². The Morgan fingerprint density at radius 2 is 2.10 bits per heavy atom. The number of nitrogens with zero attached hydrogens (tertiary/aromatic N) is 1. The van der Waals surface area contributed by atoms with E-state index in [9.17, 15) is 0 Å². The summed E-state index contributed by atoms with van der Waals surface area (Å²) >= 11 is 1.73. The maximum absolute atomic E-state index is 6.01. The van der Waals surface area contributed by atoms with Crippen molar-refractivity contribution in [3.05, 3.63) is 52.2 Å². The zero-order chi connectivity index (χ0) is 15.2. The minimum atomic E-state index is 0.181. The molecule has 0 saturated carbocycles. The van der Waals surface area contributed by atoms with Crippen LogP contribution in [0.2, 0.25) is 0 Å². The van der Waals surface area contributed by atoms with Crippen molar-refractivity contribution in [1.29, 1.82) is 0 Å². The van der Waals surface area contributed by atoms with Crippen molar-refractivity contribution in [2.24, 2.45) is 5.73 Å². The lowest BCUT2D eigenvalue weighted by atomic mass is 10.0. The highest BCUT2D eigenvalue weighted by molar-refractivity contribution is 7.07. The first-order valence-electron chi connectivity index (χ1n) is 7.28. The van der Waals surface area contributed by atoms with E-state index in [-0.39, 0.29) is 12.1 Å². The van der Waals surface area contributed by atoms with Gasteiger partial charge in [0.15, 0.2) is 0 Å². The molecule has 1 atom stereocenters. The van der Waals surface area contributed by atoms with Crippen molar-refractivity contribution in [1.82, 2.24) is 4.90 Å². The number of thiophene rings is 1. The Kier molecular flexibility index (Phi) is 5.79. The lowest BCUT2D eigenvalue weighted by Gasteiger charge is -2.27. The van der Waals surface area contributed by atoms with E-state index in [1.807, 2.05) is 26.0 Å². The lowest BCUT2D eigenvalue weighted by Crippen LogP contribution is -2.30. The first kappa shape index (κ1) is 16.0. The average Bonchev–Trinajstić information content (AvgIpc) is 2.92. The third-order valence-electron chi connectivity index (χ3n) is 3.38. The molecule has 1 aromatic heterocycles. The third kappa shape index (κ3) is 4.56. The fraction of sp³-hybridized carbons (Fsp3) is 0.412. The van der Waals surface area contributed by atoms with Crippen LogP contribution >= 0.6 is 11.3 Å². The molecule has 0 bridgehead atoms. The molecule has 21 heavy (non-hydrogen) atoms. The molecule has 4 heteroatoms. The van der Waals surface area contributed by atoms with Gasteiger partial charge in [-0.3, -0.25) is 4.90 Å². The number of hydrogen-bond donors (Lipinski definition) is 1. The number of rotatable bonds is 7. The van der Waals surface area contributed by atoms with Gasteiger partial charge in [-0.1, -0.05) is 12.1 Å². The Morgan fingerprint density at radius 3 is 2.71 bits per heavy atom. The summed E-state index contributed by atoms with van der Waals surface area (Å²) in [4.78, 5) is 2.29. The fourth-order valence-electron chi connectivity index (χ4n) is 2.42. The molecule has 2 N–H and O–H groups in total. The van der Waals surface area contributed by atoms with Gasteiger partial charge < -0.3 is 10.5 Å². The molecule has 1 aromatic carbocycles. The van der Waals surface area contributed by atoms with Crippen molar-refractivity contribution in [2.75, 3.05) is 13.6 Å². The molecule has 3 nitrogen and oxygen atoms in total. The Labute approximate surface area is 131 Å². The van der Waals surface area contributed by atoms with E-state index >= 15 is 0 Å². The van der Waals surface area contributed by atoms with Crippen LogP contribution in [0, 0.1) is 0 Å². The second kappa shape index (κ2) is 7.59. The first-order valence-corrected chi connectivity index (χ1v) is 8.22. The van der Waals surface area contributed by atoms with Gasteiger partial charge in [0.25, 0.3) is 0 Å². The number of ether oxygens (including phenoxy) is 1. The van der Waals surface area contributed by atoms with Crippen molar-refractivity contribution in [3.63, 3.8) is 0 Å². The fourth-order valence-corrected chi connectivity index (χ4v) is 3.08. The summed E-state index contributed by atoms with van der Waals surface area (Å²) in [5, 5.41) is 4.29. The molecule has 0 spiro atoms. The quantitative estimate of drug-likeness (QED) is 0.848. The normalized spacial score (nSPS) is 12.9. The van der Waals surface area contributed by atoms with E-state index in [1.54, 1.807) is 11.3 Å². The monoisotopic (exact) mass is 304 g/mol. The summed E-state index contributed by atoms with van der Waals surface area (Å²) in [6.45, 7) is 5.57. The molecule has 0 fully saturated rings. The predicted octanol–water partition coefficient (Wildman–Crippen LogP) is 3.67. The Balaban J connectivity index is 2.12. The van der Waals surface area contributed by atoms with E-state index < -0.39 is 0 Å². The largest absolute Gasteiger partial charge is 0.491 e. The van der Waals surface area contributed by atoms with Gasteiger partial charge in [-0.2, -0.15) is 11.3 Å². The minimum Gasteiger partial charge on any atom is -0.491 e. The molecular formula is C17H24N2OS. The van der Waals surface area contributed by atoms with Crippen molar-refractivity contribution < 1.29 is 4.74 Å². The SMILES string of the molecule is CC(C)Oc1cccc(C(CN)N(C)Cc2ccsc2)c1. The molecule has 2 rings (SSSR count). The standard InChI is InChI=1S/C17H24N2OS/c1-13(2)20-16-6-4-5-15(9-16)17(10-18)19(3)11-14-7-8-21-12-14/h4-9,12-13,17H,10-11,18H2,1-3H3. The Bertz CT molecular complexity index is 539. The zero-order valence-electron chi connectivity index (χ0n) is 13.0. The van der Waals surface area contributed by atoms with Crippen molar-refractivity contribution in [3.8, 4) is 5.75 Å². The lowest BCUT2D eigenvalue weighted by molar-refractivity contribution is 0.233. The molecule has 0 aliphatic rings. The van der Waals surface area contributed by atoms with Crippen LogP contribution in [0.15, 0.2) is 41.1 Å². The van der Waals surface area contributed by atoms with Crippen LogP contribution in [0.25, 0.3) is 0 Å². The average molecular weight is 304 g/mol. The topological polar surface area (TPSA) is 38.5 Å². The first-order chi connectivity index (χ1) is 10.1. The van der Waals surface area contributed by atoms with Gasteiger partial charge in [0.05, 0.1) is 6.10 Å². The summed E-state index contributed by atoms with van der Waals surface area (Å²) in [5.74, 6) is 0.907. The summed E-state index contributed by atoms with van der Waals surface area (Å²) in [6.07, 6.45) is 0.181. The molecule has 0 aliphatic heterocycles. The smallest absolute Gasteiger partial charge is 0.120 e. The van der Waals surface area contributed by atoms with Crippen molar-refractivity contribution >= 4 is 11.3 Å². The second-order valence-corrected chi connectivity index (χ2v) is 6.32. The summed E-state index contributed by atoms with van der Waals surface area (Å²) in [6, 6.07) is 10.6. The molecule has 2 aromatic rings. The molecule has 0 amide bonds. The molecule has 0 aliphatic carbocycles. The van der Waals surface area contributed by atoms with Crippen LogP contribution in [0.1, 0.15) is 31.0 Å². The van der Waals surface area contributed by atoms with Gasteiger partial charge in [-0.05, 0) is 61.0 Å². The van der Waals surface area contributed by atoms with Gasteiger partial charge in [-0.15, -0.1) is 0 Å². The molecule has 1 unspecified atom stereocenters. The molecule has 0 radical (unpaired) electrons. The van der Waals surface area contributed by atoms with Gasteiger partial charge in [0.2, 0.25) is 0 Å². The van der Waals surface area contributed by atoms with Gasteiger partial charge in [0.1, 0.15) is 5.75 Å². The minimum absolute atomic E-state index is 0.181. The van der Waals surface area contributed by atoms with Crippen LogP contribution in [-0.2, 0) is 6.54 Å². The Morgan fingerprint density at radius 1 is 1.29 bits per heavy atom. The summed E-state index contributed by atoms with van der Waals surface area (Å²) < 4.78 is 5.78. The van der Waals surface area contributed by atoms with Gasteiger partial charge >= 0.3 is 0 Å². The van der Waals surface area contributed by atoms with Crippen LogP contribution < -0.4 is 10.5 Å². The highest BCUT2D eigenvalue weighted by atomic mass is 32.1. The maximum atomic E-state index is 6.01. The van der Waals surface area contributed by atoms with E-state index in [1.165, 1.54) is 11.1 Å². The second-order valence-electron chi connectivity index (χ2n) is 5.54. The molecular weight excluding hydrogens is 280 g/mol. The van der Waals surface area contributed by atoms with Crippen LogP contribution in [-0.4, -0.2) is 24.6 Å². The van der Waals surface area contributed by atoms with E-state index in [2.05, 4.69) is 40.9 Å². The number of nitrogens with two attached hydrogens (primary N) is 1. The van der Waals surface area contributed by atoms with Gasteiger partial charge in [-0.25, -0.2) is 0 Å². The third-order valence-corrected chi connectivity index (χ3v) is 4.11. The number of hydrogen-bond acceptors (Lipinski definition) is 4. The molecule has 114 valence electrons. The summed E-state index contributed by atoms with van der Waals surface area (Å²) in [7, 11) is 2.12. The Hall–Kier alpha value is -1.36. The van der Waals surface area contributed by atoms with Crippen LogP contribution in [0.5, 0.6) is 5.75 Å². The highest BCUT2D eigenvalue weighted by Crippen LogP contribution is 2.25. The number of benzene rings is 1. The van der Waals surface area contributed by atoms with E-state index in [0.29, 0.717) is 6.54 Å². The molecule has 1 heterocycles. The van der Waals surface area contributed by atoms with Gasteiger partial charge in [0, 0.05) is 19.1 Å². The zero-order valence-corrected chi connectivity index (χ0v) is 13.8. The number of likely N-dealkylation sites (N-methyl/N-ethyl adjacent to an activating group) is 1.